The van der Waals surface area contributed by atoms with Crippen LogP contribution in [-0.4, -0.2) is 26.2 Å². The second kappa shape index (κ2) is 6.52. The summed E-state index contributed by atoms with van der Waals surface area (Å²) in [4.78, 5) is 23.1. The van der Waals surface area contributed by atoms with Crippen LogP contribution in [0.2, 0.25) is 0 Å². The van der Waals surface area contributed by atoms with Gasteiger partial charge in [-0.3, -0.25) is 0 Å². The fourth-order valence-corrected chi connectivity index (χ4v) is 1.69. The molecule has 0 heterocycles. The molecule has 0 bridgehead atoms. The van der Waals surface area contributed by atoms with Crippen LogP contribution in [0.4, 0.5) is 0 Å². The number of esters is 2. The first-order valence-electron chi connectivity index (χ1n) is 5.53. The van der Waals surface area contributed by atoms with E-state index >= 15 is 0 Å². The zero-order chi connectivity index (χ0) is 16.9. The minimum Gasteiger partial charge on any atom is -0.465 e. The van der Waals surface area contributed by atoms with Crippen LogP contribution in [0.3, 0.4) is 0 Å². The summed E-state index contributed by atoms with van der Waals surface area (Å²) in [6.07, 6.45) is 0. The van der Waals surface area contributed by atoms with Gasteiger partial charge >= 0.3 is 11.9 Å². The molecule has 0 atom stereocenters. The van der Waals surface area contributed by atoms with Crippen molar-refractivity contribution in [1.82, 2.24) is 0 Å². The summed E-state index contributed by atoms with van der Waals surface area (Å²) in [5, 5.41) is 35.9. The molecule has 106 valence electrons. The molecule has 0 amide bonds. The van der Waals surface area contributed by atoms with Crippen LogP contribution in [0.15, 0.2) is 33.4 Å². The van der Waals surface area contributed by atoms with Crippen molar-refractivity contribution in [2.75, 3.05) is 14.2 Å². The van der Waals surface area contributed by atoms with Gasteiger partial charge in [0.2, 0.25) is 0 Å². The van der Waals surface area contributed by atoms with E-state index in [4.69, 9.17) is 21.0 Å². The zero-order valence-electron chi connectivity index (χ0n) is 11.4. The van der Waals surface area contributed by atoms with Gasteiger partial charge < -0.3 is 9.47 Å². The first kappa shape index (κ1) is 16.2. The van der Waals surface area contributed by atoms with E-state index in [1.54, 1.807) is 24.3 Å². The number of allylic oxidation sites excluding steroid dienone is 4. The largest absolute Gasteiger partial charge is 0.465 e. The monoisotopic (exact) mass is 294 g/mol. The van der Waals surface area contributed by atoms with Gasteiger partial charge in [-0.1, -0.05) is 0 Å². The van der Waals surface area contributed by atoms with Crippen LogP contribution in [0.1, 0.15) is 0 Å². The Labute approximate surface area is 125 Å². The third kappa shape index (κ3) is 2.54. The van der Waals surface area contributed by atoms with Gasteiger partial charge in [-0.25, -0.2) is 9.59 Å². The normalized spacial score (nSPS) is 16.0. The molecule has 1 rings (SSSR count). The lowest BCUT2D eigenvalue weighted by Crippen LogP contribution is -2.04. The molecule has 0 aliphatic heterocycles. The SMILES string of the molecule is COC(=O)/C(C#N)=C1/C(=C(C#N)C#N)/C1=C(/C#N)C(=O)OC. The van der Waals surface area contributed by atoms with Gasteiger partial charge in [0.25, 0.3) is 0 Å². The van der Waals surface area contributed by atoms with Crippen molar-refractivity contribution in [2.45, 2.75) is 0 Å². The summed E-state index contributed by atoms with van der Waals surface area (Å²) in [7, 11) is 2.08. The van der Waals surface area contributed by atoms with Crippen molar-refractivity contribution in [2.24, 2.45) is 0 Å². The van der Waals surface area contributed by atoms with Gasteiger partial charge in [0.1, 0.15) is 41.0 Å². The molecule has 0 radical (unpaired) electrons. The summed E-state index contributed by atoms with van der Waals surface area (Å²) in [6, 6.07) is 6.29. The lowest BCUT2D eigenvalue weighted by atomic mass is 10.2. The quantitative estimate of drug-likeness (QED) is 0.402. The molecule has 0 aromatic rings. The molecule has 1 saturated carbocycles. The average Bonchev–Trinajstić information content (AvgIpc) is 3.24. The first-order chi connectivity index (χ1) is 10.5. The highest BCUT2D eigenvalue weighted by molar-refractivity contribution is 6.07. The Hall–Kier alpha value is -3.88. The molecule has 1 aliphatic carbocycles. The fraction of sp³-hybridized carbons (Fsp3) is 0.143. The van der Waals surface area contributed by atoms with Gasteiger partial charge in [0.05, 0.1) is 14.2 Å². The van der Waals surface area contributed by atoms with E-state index in [0.29, 0.717) is 0 Å². The van der Waals surface area contributed by atoms with Crippen LogP contribution < -0.4 is 0 Å². The van der Waals surface area contributed by atoms with E-state index in [-0.39, 0.29) is 16.7 Å². The van der Waals surface area contributed by atoms with E-state index in [9.17, 15) is 9.59 Å². The molecule has 0 unspecified atom stereocenters. The Morgan fingerprint density at radius 3 is 1.32 bits per heavy atom. The molecular weight excluding hydrogens is 288 g/mol. The van der Waals surface area contributed by atoms with Crippen LogP contribution >= 0.6 is 0 Å². The average molecular weight is 294 g/mol. The highest BCUT2D eigenvalue weighted by atomic mass is 16.5. The standard InChI is InChI=1S/C14H6N4O4/c1-21-13(19)8(5-17)11-10(7(3-15)4-16)12(11)9(6-18)14(20)22-2/h1-2H3/b11-8-,12-9+. The van der Waals surface area contributed by atoms with Crippen LogP contribution in [-0.2, 0) is 19.1 Å². The maximum absolute atomic E-state index is 11.6. The van der Waals surface area contributed by atoms with Crippen molar-refractivity contribution >= 4 is 11.9 Å². The number of carbonyl (C=O) groups excluding carboxylic acids is 2. The molecule has 0 spiro atoms. The minimum atomic E-state index is -1.01. The van der Waals surface area contributed by atoms with Gasteiger partial charge in [-0.05, 0) is 0 Å². The van der Waals surface area contributed by atoms with Crippen molar-refractivity contribution in [1.29, 1.82) is 21.0 Å². The maximum Gasteiger partial charge on any atom is 0.349 e. The predicted octanol–water partition coefficient (Wildman–Crippen LogP) is 0.330. The maximum atomic E-state index is 11.6. The third-order valence-electron chi connectivity index (χ3n) is 2.66. The van der Waals surface area contributed by atoms with E-state index in [2.05, 4.69) is 9.47 Å². The number of hydrogen-bond donors (Lipinski definition) is 0. The molecule has 8 nitrogen and oxygen atoms in total. The zero-order valence-corrected chi connectivity index (χ0v) is 11.4. The van der Waals surface area contributed by atoms with Crippen molar-refractivity contribution < 1.29 is 19.1 Å². The smallest absolute Gasteiger partial charge is 0.349 e. The van der Waals surface area contributed by atoms with Crippen LogP contribution in [0.5, 0.6) is 0 Å². The number of methoxy groups -OCH3 is 2. The summed E-state index contributed by atoms with van der Waals surface area (Å²) >= 11 is 0. The van der Waals surface area contributed by atoms with Crippen LogP contribution in [0.25, 0.3) is 0 Å². The molecule has 1 aliphatic rings. The van der Waals surface area contributed by atoms with Crippen molar-refractivity contribution in [3.8, 4) is 24.3 Å². The summed E-state index contributed by atoms with van der Waals surface area (Å²) in [5.74, 6) is -2.02. The Bertz CT molecular complexity index is 764. The highest BCUT2D eigenvalue weighted by Gasteiger charge is 2.44. The number of hydrogen-bond acceptors (Lipinski definition) is 8. The molecule has 0 saturated heterocycles. The van der Waals surface area contributed by atoms with Crippen molar-refractivity contribution in [3.05, 3.63) is 33.4 Å². The lowest BCUT2D eigenvalue weighted by molar-refractivity contribution is -0.136. The second-order valence-corrected chi connectivity index (χ2v) is 3.68. The number of nitriles is 4. The Kier molecular flexibility index (Phi) is 4.79. The Morgan fingerprint density at radius 1 is 0.727 bits per heavy atom. The third-order valence-corrected chi connectivity index (χ3v) is 2.66. The number of carbonyl (C=O) groups is 2. The molecule has 22 heavy (non-hydrogen) atoms. The number of rotatable bonds is 2. The molecule has 0 N–H and O–H groups in total. The van der Waals surface area contributed by atoms with E-state index < -0.39 is 28.7 Å². The van der Waals surface area contributed by atoms with Gasteiger partial charge in [-0.2, -0.15) is 21.0 Å². The summed E-state index contributed by atoms with van der Waals surface area (Å²) in [6.45, 7) is 0. The second-order valence-electron chi connectivity index (χ2n) is 3.68. The van der Waals surface area contributed by atoms with Gasteiger partial charge in [-0.15, -0.1) is 0 Å². The highest BCUT2D eigenvalue weighted by Crippen LogP contribution is 2.50. The van der Waals surface area contributed by atoms with Gasteiger partial charge in [0.15, 0.2) is 0 Å². The Morgan fingerprint density at radius 2 is 1.09 bits per heavy atom. The minimum absolute atomic E-state index is 0.103. The molecule has 0 aromatic carbocycles. The number of ether oxygens (including phenoxy) is 2. The lowest BCUT2D eigenvalue weighted by Gasteiger charge is -1.94. The van der Waals surface area contributed by atoms with E-state index in [1.807, 2.05) is 0 Å². The summed E-state index contributed by atoms with van der Waals surface area (Å²) < 4.78 is 8.84. The van der Waals surface area contributed by atoms with Crippen LogP contribution in [0, 0.1) is 45.3 Å². The molecule has 8 heteroatoms. The first-order valence-corrected chi connectivity index (χ1v) is 5.53. The van der Waals surface area contributed by atoms with E-state index in [0.717, 1.165) is 14.2 Å². The fourth-order valence-electron chi connectivity index (χ4n) is 1.69. The molecular formula is C14H6N4O4. The molecule has 1 fully saturated rings. The summed E-state index contributed by atoms with van der Waals surface area (Å²) in [5.41, 5.74) is -1.81. The topological polar surface area (TPSA) is 148 Å². The van der Waals surface area contributed by atoms with Crippen molar-refractivity contribution in [3.63, 3.8) is 0 Å². The molecule has 0 aromatic heterocycles. The van der Waals surface area contributed by atoms with Gasteiger partial charge in [0, 0.05) is 16.7 Å². The van der Waals surface area contributed by atoms with E-state index in [1.165, 1.54) is 0 Å². The number of nitrogens with zero attached hydrogens (tertiary/aromatic N) is 4. The predicted molar refractivity (Wildman–Crippen MR) is 67.6 cm³/mol. The Balaban J connectivity index is 3.85.